The molecule has 0 amide bonds. The number of thiophene rings is 1. The van der Waals surface area contributed by atoms with Gasteiger partial charge in [-0.3, -0.25) is 4.79 Å². The van der Waals surface area contributed by atoms with Gasteiger partial charge >= 0.3 is 5.97 Å². The standard InChI is InChI=1S/C13H15NO2S2/c1-7-5-9(8(2)18-7)11-14-10(6-17-11)13(3,4)12(15)16/h5-6H,1-4H3,(H,15,16). The third kappa shape index (κ3) is 2.20. The molecule has 2 aromatic heterocycles. The number of carboxylic acid groups (broad SMARTS) is 1. The zero-order valence-corrected chi connectivity index (χ0v) is 12.4. The molecule has 0 bridgehead atoms. The van der Waals surface area contributed by atoms with Crippen LogP contribution in [0.15, 0.2) is 11.4 Å². The quantitative estimate of drug-likeness (QED) is 0.929. The number of rotatable bonds is 3. The number of hydrogen-bond donors (Lipinski definition) is 1. The van der Waals surface area contributed by atoms with Gasteiger partial charge in [0.15, 0.2) is 0 Å². The molecular formula is C13H15NO2S2. The first-order valence-corrected chi connectivity index (χ1v) is 7.29. The van der Waals surface area contributed by atoms with Crippen molar-refractivity contribution >= 4 is 28.6 Å². The topological polar surface area (TPSA) is 50.2 Å². The predicted molar refractivity (Wildman–Crippen MR) is 75.6 cm³/mol. The first kappa shape index (κ1) is 13.2. The van der Waals surface area contributed by atoms with Crippen LogP contribution in [0.25, 0.3) is 10.6 Å². The third-order valence-electron chi connectivity index (χ3n) is 2.95. The maximum Gasteiger partial charge on any atom is 0.315 e. The van der Waals surface area contributed by atoms with E-state index in [4.69, 9.17) is 0 Å². The van der Waals surface area contributed by atoms with Gasteiger partial charge in [0.2, 0.25) is 0 Å². The molecule has 2 heterocycles. The van der Waals surface area contributed by atoms with E-state index in [2.05, 4.69) is 24.9 Å². The predicted octanol–water partition coefficient (Wildman–Crippen LogP) is 3.85. The first-order valence-electron chi connectivity index (χ1n) is 5.59. The van der Waals surface area contributed by atoms with Crippen LogP contribution in [0.1, 0.15) is 29.3 Å². The van der Waals surface area contributed by atoms with Gasteiger partial charge in [-0.05, 0) is 33.8 Å². The largest absolute Gasteiger partial charge is 0.481 e. The Morgan fingerprint density at radius 3 is 2.56 bits per heavy atom. The van der Waals surface area contributed by atoms with Crippen LogP contribution in [0.3, 0.4) is 0 Å². The molecule has 0 radical (unpaired) electrons. The van der Waals surface area contributed by atoms with E-state index in [9.17, 15) is 9.90 Å². The molecular weight excluding hydrogens is 266 g/mol. The molecule has 18 heavy (non-hydrogen) atoms. The van der Waals surface area contributed by atoms with Crippen LogP contribution < -0.4 is 0 Å². The lowest BCUT2D eigenvalue weighted by Crippen LogP contribution is -2.28. The minimum absolute atomic E-state index is 0.623. The van der Waals surface area contributed by atoms with Gasteiger partial charge in [0, 0.05) is 20.7 Å². The highest BCUT2D eigenvalue weighted by Gasteiger charge is 2.32. The van der Waals surface area contributed by atoms with Gasteiger partial charge in [-0.2, -0.15) is 0 Å². The maximum absolute atomic E-state index is 11.2. The Morgan fingerprint density at radius 2 is 2.06 bits per heavy atom. The molecule has 0 fully saturated rings. The summed E-state index contributed by atoms with van der Waals surface area (Å²) in [6.07, 6.45) is 0. The molecule has 3 nitrogen and oxygen atoms in total. The lowest BCUT2D eigenvalue weighted by atomic mass is 9.90. The number of carbonyl (C=O) groups is 1. The summed E-state index contributed by atoms with van der Waals surface area (Å²) < 4.78 is 0. The molecule has 1 N–H and O–H groups in total. The smallest absolute Gasteiger partial charge is 0.315 e. The average molecular weight is 281 g/mol. The second kappa shape index (κ2) is 4.48. The van der Waals surface area contributed by atoms with Crippen molar-refractivity contribution in [3.8, 4) is 10.6 Å². The van der Waals surface area contributed by atoms with Crippen molar-refractivity contribution in [2.45, 2.75) is 33.1 Å². The summed E-state index contributed by atoms with van der Waals surface area (Å²) in [4.78, 5) is 18.2. The van der Waals surface area contributed by atoms with Gasteiger partial charge in [0.05, 0.1) is 5.69 Å². The number of aliphatic carboxylic acids is 1. The van der Waals surface area contributed by atoms with Crippen LogP contribution in [0.2, 0.25) is 0 Å². The molecule has 0 aliphatic rings. The highest BCUT2D eigenvalue weighted by Crippen LogP contribution is 2.35. The Labute approximate surface area is 114 Å². The van der Waals surface area contributed by atoms with Gasteiger partial charge in [0.1, 0.15) is 10.4 Å². The minimum Gasteiger partial charge on any atom is -0.481 e. The van der Waals surface area contributed by atoms with Crippen molar-refractivity contribution in [1.82, 2.24) is 4.98 Å². The van der Waals surface area contributed by atoms with E-state index in [-0.39, 0.29) is 0 Å². The Kier molecular flexibility index (Phi) is 3.29. The second-order valence-corrected chi connectivity index (χ2v) is 7.11. The van der Waals surface area contributed by atoms with E-state index in [0.29, 0.717) is 5.69 Å². The molecule has 0 aromatic carbocycles. The van der Waals surface area contributed by atoms with E-state index in [1.807, 2.05) is 5.38 Å². The zero-order chi connectivity index (χ0) is 13.5. The fraction of sp³-hybridized carbons (Fsp3) is 0.385. The summed E-state index contributed by atoms with van der Waals surface area (Å²) in [5.74, 6) is -0.849. The van der Waals surface area contributed by atoms with Crippen molar-refractivity contribution in [1.29, 1.82) is 0 Å². The molecule has 0 atom stereocenters. The van der Waals surface area contributed by atoms with E-state index < -0.39 is 11.4 Å². The number of carboxylic acids is 1. The van der Waals surface area contributed by atoms with E-state index in [1.54, 1.807) is 25.2 Å². The van der Waals surface area contributed by atoms with Crippen molar-refractivity contribution in [2.75, 3.05) is 0 Å². The van der Waals surface area contributed by atoms with Crippen LogP contribution in [-0.2, 0) is 10.2 Å². The maximum atomic E-state index is 11.2. The molecule has 0 unspecified atom stereocenters. The number of hydrogen-bond acceptors (Lipinski definition) is 4. The molecule has 2 rings (SSSR count). The summed E-state index contributed by atoms with van der Waals surface area (Å²) >= 11 is 3.24. The molecule has 2 aromatic rings. The van der Waals surface area contributed by atoms with E-state index in [0.717, 1.165) is 10.6 Å². The fourth-order valence-electron chi connectivity index (χ4n) is 1.64. The van der Waals surface area contributed by atoms with Gasteiger partial charge in [-0.15, -0.1) is 22.7 Å². The highest BCUT2D eigenvalue weighted by molar-refractivity contribution is 7.15. The summed E-state index contributed by atoms with van der Waals surface area (Å²) in [7, 11) is 0. The molecule has 96 valence electrons. The zero-order valence-electron chi connectivity index (χ0n) is 10.8. The number of nitrogens with zero attached hydrogens (tertiary/aromatic N) is 1. The molecule has 0 aliphatic heterocycles. The average Bonchev–Trinajstić information content (AvgIpc) is 2.84. The normalized spacial score (nSPS) is 11.8. The number of aryl methyl sites for hydroxylation is 2. The van der Waals surface area contributed by atoms with Crippen LogP contribution in [-0.4, -0.2) is 16.1 Å². The molecule has 0 aliphatic carbocycles. The minimum atomic E-state index is -0.937. The van der Waals surface area contributed by atoms with Gasteiger partial charge < -0.3 is 5.11 Å². The monoisotopic (exact) mass is 281 g/mol. The van der Waals surface area contributed by atoms with E-state index in [1.165, 1.54) is 21.1 Å². The molecule has 0 spiro atoms. The summed E-state index contributed by atoms with van der Waals surface area (Å²) in [6, 6.07) is 2.11. The molecule has 0 saturated carbocycles. The SMILES string of the molecule is Cc1cc(-c2nc(C(C)(C)C(=O)O)cs2)c(C)s1. The Balaban J connectivity index is 2.43. The first-order chi connectivity index (χ1) is 8.32. The van der Waals surface area contributed by atoms with E-state index >= 15 is 0 Å². The lowest BCUT2D eigenvalue weighted by Gasteiger charge is -2.15. The number of aromatic nitrogens is 1. The van der Waals surface area contributed by atoms with Gasteiger partial charge in [-0.1, -0.05) is 0 Å². The van der Waals surface area contributed by atoms with Crippen LogP contribution in [0.5, 0.6) is 0 Å². The Bertz CT molecular complexity index is 596. The van der Waals surface area contributed by atoms with Crippen LogP contribution in [0.4, 0.5) is 0 Å². The summed E-state index contributed by atoms with van der Waals surface area (Å²) in [5.41, 5.74) is 0.807. The van der Waals surface area contributed by atoms with Crippen molar-refractivity contribution in [2.24, 2.45) is 0 Å². The van der Waals surface area contributed by atoms with Gasteiger partial charge in [0.25, 0.3) is 0 Å². The van der Waals surface area contributed by atoms with Crippen LogP contribution in [0, 0.1) is 13.8 Å². The van der Waals surface area contributed by atoms with Crippen molar-refractivity contribution in [3.63, 3.8) is 0 Å². The highest BCUT2D eigenvalue weighted by atomic mass is 32.1. The summed E-state index contributed by atoms with van der Waals surface area (Å²) in [5, 5.41) is 11.9. The second-order valence-electron chi connectivity index (χ2n) is 4.79. The number of thiazole rings is 1. The van der Waals surface area contributed by atoms with Crippen LogP contribution >= 0.6 is 22.7 Å². The summed E-state index contributed by atoms with van der Waals surface area (Å²) in [6.45, 7) is 7.49. The van der Waals surface area contributed by atoms with Gasteiger partial charge in [-0.25, -0.2) is 4.98 Å². The molecule has 5 heteroatoms. The third-order valence-corrected chi connectivity index (χ3v) is 4.79. The van der Waals surface area contributed by atoms with Crippen molar-refractivity contribution in [3.05, 3.63) is 26.9 Å². The Hall–Kier alpha value is -1.20. The molecule has 0 saturated heterocycles. The van der Waals surface area contributed by atoms with Crippen molar-refractivity contribution < 1.29 is 9.90 Å². The fourth-order valence-corrected chi connectivity index (χ4v) is 3.69. The Morgan fingerprint density at radius 1 is 1.39 bits per heavy atom. The lowest BCUT2D eigenvalue weighted by molar-refractivity contribution is -0.142.